The van der Waals surface area contributed by atoms with Gasteiger partial charge in [-0.2, -0.15) is 0 Å². The minimum absolute atomic E-state index is 0.0160. The number of nitrogens with zero attached hydrogens (tertiary/aromatic N) is 4. The van der Waals surface area contributed by atoms with Crippen molar-refractivity contribution in [3.05, 3.63) is 53.9 Å². The summed E-state index contributed by atoms with van der Waals surface area (Å²) in [4.78, 5) is 33.6. The molecule has 0 spiro atoms. The highest BCUT2D eigenvalue weighted by molar-refractivity contribution is 6.03. The van der Waals surface area contributed by atoms with Gasteiger partial charge in [0.2, 0.25) is 0 Å². The summed E-state index contributed by atoms with van der Waals surface area (Å²) >= 11 is 0. The highest BCUT2D eigenvalue weighted by Crippen LogP contribution is 2.33. The number of carbonyl (C=O) groups excluding carboxylic acids is 2. The Bertz CT molecular complexity index is 1100. The zero-order valence-corrected chi connectivity index (χ0v) is 17.0. The van der Waals surface area contributed by atoms with Gasteiger partial charge in [0.25, 0.3) is 5.91 Å². The quantitative estimate of drug-likeness (QED) is 0.625. The molecule has 150 valence electrons. The number of amides is 1. The third-order valence-electron chi connectivity index (χ3n) is 5.22. The molecule has 1 aliphatic rings. The first kappa shape index (κ1) is 19.1. The number of ketones is 1. The Morgan fingerprint density at radius 1 is 1.24 bits per heavy atom. The normalized spacial score (nSPS) is 14.8. The minimum atomic E-state index is -0.444. The molecule has 3 aromatic rings. The van der Waals surface area contributed by atoms with Gasteiger partial charge in [-0.25, -0.2) is 4.98 Å². The Balaban J connectivity index is 1.75. The van der Waals surface area contributed by atoms with E-state index < -0.39 is 6.04 Å². The van der Waals surface area contributed by atoms with Crippen LogP contribution in [-0.2, 0) is 11.3 Å². The fourth-order valence-corrected chi connectivity index (χ4v) is 3.70. The van der Waals surface area contributed by atoms with E-state index in [4.69, 9.17) is 9.72 Å². The maximum absolute atomic E-state index is 13.4. The van der Waals surface area contributed by atoms with Crippen molar-refractivity contribution in [3.63, 3.8) is 0 Å². The van der Waals surface area contributed by atoms with Crippen LogP contribution in [0.5, 0.6) is 5.75 Å². The number of para-hydroxylation sites is 2. The Kier molecular flexibility index (Phi) is 4.84. The van der Waals surface area contributed by atoms with Gasteiger partial charge < -0.3 is 19.1 Å². The Morgan fingerprint density at radius 3 is 2.76 bits per heavy atom. The first-order chi connectivity index (χ1) is 13.9. The number of carbonyl (C=O) groups is 2. The summed E-state index contributed by atoms with van der Waals surface area (Å²) in [6, 6.07) is 12.6. The van der Waals surface area contributed by atoms with Crippen LogP contribution >= 0.6 is 0 Å². The van der Waals surface area contributed by atoms with Crippen molar-refractivity contribution in [1.29, 1.82) is 0 Å². The van der Waals surface area contributed by atoms with E-state index in [-0.39, 0.29) is 18.3 Å². The standard InChI is InChI=1S/C22H24N4O3/c1-14(26-17-8-6-5-7-16(17)23-20(26)12-24(2)3)22(28)15-9-10-19-18(11-15)25(4)21(27)13-29-19/h5-11,14H,12-13H2,1-4H3. The molecule has 7 nitrogen and oxygen atoms in total. The molecule has 29 heavy (non-hydrogen) atoms. The number of Topliss-reactive ketones (excluding diaryl/α,β-unsaturated/α-hetero) is 1. The van der Waals surface area contributed by atoms with E-state index in [1.807, 2.05) is 54.8 Å². The predicted molar refractivity (Wildman–Crippen MR) is 112 cm³/mol. The SMILES string of the molecule is CC(C(=O)c1ccc2c(c1)N(C)C(=O)CO2)n1c(CN(C)C)nc2ccccc21. The molecule has 7 heteroatoms. The summed E-state index contributed by atoms with van der Waals surface area (Å²) in [5.41, 5.74) is 2.95. The first-order valence-corrected chi connectivity index (χ1v) is 9.55. The number of imidazole rings is 1. The summed E-state index contributed by atoms with van der Waals surface area (Å²) < 4.78 is 7.47. The van der Waals surface area contributed by atoms with Crippen LogP contribution in [0, 0.1) is 0 Å². The van der Waals surface area contributed by atoms with Crippen LogP contribution in [-0.4, -0.2) is 53.9 Å². The van der Waals surface area contributed by atoms with E-state index >= 15 is 0 Å². The van der Waals surface area contributed by atoms with Gasteiger partial charge in [-0.15, -0.1) is 0 Å². The monoisotopic (exact) mass is 392 g/mol. The molecule has 0 bridgehead atoms. The minimum Gasteiger partial charge on any atom is -0.482 e. The number of hydrogen-bond acceptors (Lipinski definition) is 5. The molecule has 0 fully saturated rings. The number of fused-ring (bicyclic) bond motifs is 2. The molecule has 0 radical (unpaired) electrons. The van der Waals surface area contributed by atoms with E-state index in [1.165, 1.54) is 4.90 Å². The second-order valence-corrected chi connectivity index (χ2v) is 7.59. The van der Waals surface area contributed by atoms with Crippen LogP contribution in [0.25, 0.3) is 11.0 Å². The van der Waals surface area contributed by atoms with Gasteiger partial charge in [0.15, 0.2) is 12.4 Å². The number of benzene rings is 2. The molecular weight excluding hydrogens is 368 g/mol. The van der Waals surface area contributed by atoms with Gasteiger partial charge in [-0.3, -0.25) is 9.59 Å². The largest absolute Gasteiger partial charge is 0.482 e. The van der Waals surface area contributed by atoms with Crippen molar-refractivity contribution in [1.82, 2.24) is 14.5 Å². The van der Waals surface area contributed by atoms with E-state index in [0.29, 0.717) is 23.5 Å². The molecular formula is C22H24N4O3. The summed E-state index contributed by atoms with van der Waals surface area (Å²) in [5, 5.41) is 0. The molecule has 0 aliphatic carbocycles. The zero-order chi connectivity index (χ0) is 20.7. The lowest BCUT2D eigenvalue weighted by Gasteiger charge is -2.26. The van der Waals surface area contributed by atoms with E-state index in [1.54, 1.807) is 25.2 Å². The molecule has 1 amide bonds. The van der Waals surface area contributed by atoms with Crippen molar-refractivity contribution >= 4 is 28.4 Å². The summed E-state index contributed by atoms with van der Waals surface area (Å²) in [6.07, 6.45) is 0. The lowest BCUT2D eigenvalue weighted by atomic mass is 10.0. The van der Waals surface area contributed by atoms with Gasteiger partial charge in [0.05, 0.1) is 29.3 Å². The maximum Gasteiger partial charge on any atom is 0.264 e. The molecule has 2 aromatic carbocycles. The Labute approximate surface area is 169 Å². The topological polar surface area (TPSA) is 67.7 Å². The molecule has 0 saturated heterocycles. The lowest BCUT2D eigenvalue weighted by molar-refractivity contribution is -0.120. The summed E-state index contributed by atoms with van der Waals surface area (Å²) in [7, 11) is 5.65. The van der Waals surface area contributed by atoms with Crippen molar-refractivity contribution in [2.45, 2.75) is 19.5 Å². The fraction of sp³-hybridized carbons (Fsp3) is 0.318. The van der Waals surface area contributed by atoms with Crippen LogP contribution < -0.4 is 9.64 Å². The second-order valence-electron chi connectivity index (χ2n) is 7.59. The highest BCUT2D eigenvalue weighted by Gasteiger charge is 2.27. The summed E-state index contributed by atoms with van der Waals surface area (Å²) in [5.74, 6) is 1.27. The van der Waals surface area contributed by atoms with Crippen LogP contribution in [0.3, 0.4) is 0 Å². The number of hydrogen-bond donors (Lipinski definition) is 0. The van der Waals surface area contributed by atoms with Crippen molar-refractivity contribution in [2.24, 2.45) is 0 Å². The lowest BCUT2D eigenvalue weighted by Crippen LogP contribution is -2.35. The van der Waals surface area contributed by atoms with Crippen LogP contribution in [0.1, 0.15) is 29.1 Å². The van der Waals surface area contributed by atoms with Crippen molar-refractivity contribution in [3.8, 4) is 5.75 Å². The third-order valence-corrected chi connectivity index (χ3v) is 5.22. The second kappa shape index (κ2) is 7.33. The summed E-state index contributed by atoms with van der Waals surface area (Å²) in [6.45, 7) is 2.53. The van der Waals surface area contributed by atoms with E-state index in [2.05, 4.69) is 0 Å². The molecule has 0 N–H and O–H groups in total. The van der Waals surface area contributed by atoms with Gasteiger partial charge in [-0.05, 0) is 51.4 Å². The molecule has 0 saturated carbocycles. The van der Waals surface area contributed by atoms with Gasteiger partial charge in [0.1, 0.15) is 11.6 Å². The number of anilines is 1. The molecule has 4 rings (SSSR count). The maximum atomic E-state index is 13.4. The first-order valence-electron chi connectivity index (χ1n) is 9.55. The van der Waals surface area contributed by atoms with E-state index in [0.717, 1.165) is 16.9 Å². The van der Waals surface area contributed by atoms with Gasteiger partial charge in [0, 0.05) is 12.6 Å². The average Bonchev–Trinajstić information content (AvgIpc) is 3.06. The number of likely N-dealkylation sites (N-methyl/N-ethyl adjacent to an activating group) is 1. The Morgan fingerprint density at radius 2 is 2.00 bits per heavy atom. The number of rotatable bonds is 5. The van der Waals surface area contributed by atoms with Crippen molar-refractivity contribution < 1.29 is 14.3 Å². The molecule has 1 atom stereocenters. The molecule has 1 aliphatic heterocycles. The fourth-order valence-electron chi connectivity index (χ4n) is 3.70. The van der Waals surface area contributed by atoms with Gasteiger partial charge in [-0.1, -0.05) is 12.1 Å². The predicted octanol–water partition coefficient (Wildman–Crippen LogP) is 2.90. The van der Waals surface area contributed by atoms with E-state index in [9.17, 15) is 9.59 Å². The highest BCUT2D eigenvalue weighted by atomic mass is 16.5. The third kappa shape index (κ3) is 3.38. The van der Waals surface area contributed by atoms with Crippen LogP contribution in [0.15, 0.2) is 42.5 Å². The zero-order valence-electron chi connectivity index (χ0n) is 17.0. The average molecular weight is 392 g/mol. The van der Waals surface area contributed by atoms with Crippen LogP contribution in [0.2, 0.25) is 0 Å². The van der Waals surface area contributed by atoms with Crippen LogP contribution in [0.4, 0.5) is 5.69 Å². The number of aromatic nitrogens is 2. The van der Waals surface area contributed by atoms with Crippen molar-refractivity contribution in [2.75, 3.05) is 32.6 Å². The smallest absolute Gasteiger partial charge is 0.264 e. The molecule has 1 aromatic heterocycles. The molecule has 2 heterocycles. The number of ether oxygens (including phenoxy) is 1. The molecule has 1 unspecified atom stereocenters. The Hall–Kier alpha value is -3.19. The van der Waals surface area contributed by atoms with Gasteiger partial charge >= 0.3 is 0 Å².